The highest BCUT2D eigenvalue weighted by atomic mass is 79.9. The largest absolute Gasteiger partial charge is 0.507 e. The van der Waals surface area contributed by atoms with Crippen molar-refractivity contribution in [2.45, 2.75) is 25.1 Å². The fourth-order valence-corrected chi connectivity index (χ4v) is 2.29. The summed E-state index contributed by atoms with van der Waals surface area (Å²) in [5.41, 5.74) is 0.450. The van der Waals surface area contributed by atoms with Crippen LogP contribution >= 0.6 is 15.9 Å². The lowest BCUT2D eigenvalue weighted by Crippen LogP contribution is -2.52. The van der Waals surface area contributed by atoms with Gasteiger partial charge in [0.2, 0.25) is 0 Å². The average molecular weight is 345 g/mol. The Balaban J connectivity index is 2.48. The Morgan fingerprint density at radius 1 is 1.16 bits per heavy atom. The zero-order valence-corrected chi connectivity index (χ0v) is 11.2. The first-order valence-corrected chi connectivity index (χ1v) is 6.05. The third-order valence-electron chi connectivity index (χ3n) is 2.68. The second-order valence-electron chi connectivity index (χ2n) is 4.14. The number of fused-ring (bicyclic) bond motifs is 1. The second kappa shape index (κ2) is 4.52. The van der Waals surface area contributed by atoms with E-state index in [2.05, 4.69) is 25.4 Å². The third kappa shape index (κ3) is 2.38. The van der Waals surface area contributed by atoms with Crippen molar-refractivity contribution in [1.82, 2.24) is 0 Å². The first-order chi connectivity index (χ1) is 8.68. The molecule has 0 bridgehead atoms. The number of aliphatic hydroxyl groups is 1. The predicted molar refractivity (Wildman–Crippen MR) is 60.8 cm³/mol. The molecule has 0 spiro atoms. The number of halogens is 5. The van der Waals surface area contributed by atoms with Crippen molar-refractivity contribution in [2.24, 2.45) is 0 Å². The van der Waals surface area contributed by atoms with E-state index in [0.717, 1.165) is 12.1 Å². The van der Waals surface area contributed by atoms with Gasteiger partial charge < -0.3 is 14.6 Å². The number of hydrogen-bond acceptors (Lipinski definition) is 3. The summed E-state index contributed by atoms with van der Waals surface area (Å²) >= 11 is 3.10. The van der Waals surface area contributed by atoms with Crippen molar-refractivity contribution in [3.63, 3.8) is 0 Å². The molecule has 1 unspecified atom stereocenters. The molecule has 19 heavy (non-hydrogen) atoms. The van der Waals surface area contributed by atoms with Crippen molar-refractivity contribution in [2.75, 3.05) is 6.61 Å². The molecule has 1 atom stereocenters. The van der Waals surface area contributed by atoms with Crippen LogP contribution in [0.5, 0.6) is 11.5 Å². The first-order valence-electron chi connectivity index (χ1n) is 5.26. The molecule has 1 aliphatic rings. The van der Waals surface area contributed by atoms with Crippen LogP contribution in [0.1, 0.15) is 18.4 Å². The van der Waals surface area contributed by atoms with Crippen LogP contribution in [0.3, 0.4) is 0 Å². The number of benzene rings is 1. The van der Waals surface area contributed by atoms with Crippen LogP contribution in [-0.4, -0.2) is 23.9 Å². The lowest BCUT2D eigenvalue weighted by molar-refractivity contribution is -0.391. The van der Waals surface area contributed by atoms with Crippen LogP contribution in [0.4, 0.5) is 17.6 Å². The maximum atomic E-state index is 13.0. The average Bonchev–Trinajstić information content (AvgIpc) is 2.29. The van der Waals surface area contributed by atoms with Crippen molar-refractivity contribution >= 4 is 15.9 Å². The summed E-state index contributed by atoms with van der Waals surface area (Å²) in [5.74, 6) is -1.36. The minimum absolute atomic E-state index is 0.231. The molecular weight excluding hydrogens is 336 g/mol. The van der Waals surface area contributed by atoms with Gasteiger partial charge in [0.1, 0.15) is 0 Å². The predicted octanol–water partition coefficient (Wildman–Crippen LogP) is 3.50. The molecule has 0 saturated carbocycles. The van der Waals surface area contributed by atoms with E-state index in [4.69, 9.17) is 5.11 Å². The summed E-state index contributed by atoms with van der Waals surface area (Å²) < 4.78 is 60.3. The standard InChI is InChI=1S/C11H9BrF4O3/c1-5(4-17)6-2-8-9(3-7(6)12)19-11(15,16)10(13,14)18-8/h2-3,5,17H,4H2,1H3. The van der Waals surface area contributed by atoms with Gasteiger partial charge >= 0.3 is 12.2 Å². The van der Waals surface area contributed by atoms with Crippen molar-refractivity contribution in [3.05, 3.63) is 22.2 Å². The Labute approximate surface area is 114 Å². The molecule has 0 saturated heterocycles. The molecule has 0 fully saturated rings. The van der Waals surface area contributed by atoms with E-state index in [9.17, 15) is 17.6 Å². The molecule has 106 valence electrons. The number of alkyl halides is 4. The Kier molecular flexibility index (Phi) is 3.42. The molecule has 1 N–H and O–H groups in total. The van der Waals surface area contributed by atoms with Gasteiger partial charge in [-0.25, -0.2) is 0 Å². The zero-order chi connectivity index (χ0) is 14.4. The summed E-state index contributed by atoms with van der Waals surface area (Å²) in [5, 5.41) is 9.04. The maximum absolute atomic E-state index is 13.0. The van der Waals surface area contributed by atoms with Crippen LogP contribution < -0.4 is 9.47 Å². The molecule has 1 aliphatic heterocycles. The van der Waals surface area contributed by atoms with E-state index in [1.165, 1.54) is 0 Å². The fraction of sp³-hybridized carbons (Fsp3) is 0.455. The topological polar surface area (TPSA) is 38.7 Å². The molecule has 0 amide bonds. The Morgan fingerprint density at radius 3 is 2.11 bits per heavy atom. The van der Waals surface area contributed by atoms with Gasteiger partial charge in [-0.05, 0) is 17.7 Å². The highest BCUT2D eigenvalue weighted by Gasteiger charge is 2.66. The number of aliphatic hydroxyl groups excluding tert-OH is 1. The van der Waals surface area contributed by atoms with Gasteiger partial charge in [0.05, 0.1) is 0 Å². The number of ether oxygens (including phenoxy) is 2. The molecule has 0 aliphatic carbocycles. The van der Waals surface area contributed by atoms with Crippen LogP contribution in [0.25, 0.3) is 0 Å². The highest BCUT2D eigenvalue weighted by Crippen LogP contribution is 2.49. The minimum Gasteiger partial charge on any atom is -0.421 e. The molecule has 1 aromatic rings. The van der Waals surface area contributed by atoms with Gasteiger partial charge in [-0.2, -0.15) is 17.6 Å². The summed E-state index contributed by atoms with van der Waals surface area (Å²) in [7, 11) is 0. The van der Waals surface area contributed by atoms with E-state index in [1.807, 2.05) is 0 Å². The fourth-order valence-electron chi connectivity index (χ4n) is 1.58. The monoisotopic (exact) mass is 344 g/mol. The minimum atomic E-state index is -4.74. The first kappa shape index (κ1) is 14.4. The van der Waals surface area contributed by atoms with Crippen LogP contribution in [0, 0.1) is 0 Å². The quantitative estimate of drug-likeness (QED) is 0.834. The van der Waals surface area contributed by atoms with Crippen LogP contribution in [0.15, 0.2) is 16.6 Å². The van der Waals surface area contributed by atoms with Crippen LogP contribution in [0.2, 0.25) is 0 Å². The maximum Gasteiger partial charge on any atom is 0.507 e. The normalized spacial score (nSPS) is 21.0. The Morgan fingerprint density at radius 2 is 1.63 bits per heavy atom. The third-order valence-corrected chi connectivity index (χ3v) is 3.37. The molecule has 3 nitrogen and oxygen atoms in total. The van der Waals surface area contributed by atoms with Gasteiger partial charge in [-0.15, -0.1) is 0 Å². The SMILES string of the molecule is CC(CO)c1cc2c(cc1Br)OC(F)(F)C(F)(F)O2. The van der Waals surface area contributed by atoms with Crippen molar-refractivity contribution in [1.29, 1.82) is 0 Å². The van der Waals surface area contributed by atoms with E-state index >= 15 is 0 Å². The van der Waals surface area contributed by atoms with Gasteiger partial charge in [0.15, 0.2) is 11.5 Å². The number of hydrogen-bond donors (Lipinski definition) is 1. The summed E-state index contributed by atoms with van der Waals surface area (Å²) in [4.78, 5) is 0. The van der Waals surface area contributed by atoms with Gasteiger partial charge in [-0.1, -0.05) is 22.9 Å². The second-order valence-corrected chi connectivity index (χ2v) is 5.00. The van der Waals surface area contributed by atoms with Gasteiger partial charge in [0.25, 0.3) is 0 Å². The molecular formula is C11H9BrF4O3. The molecule has 8 heteroatoms. The van der Waals surface area contributed by atoms with Gasteiger partial charge in [-0.3, -0.25) is 0 Å². The summed E-state index contributed by atoms with van der Waals surface area (Å²) in [6.45, 7) is 1.41. The molecule has 1 aromatic carbocycles. The van der Waals surface area contributed by atoms with E-state index in [-0.39, 0.29) is 12.5 Å². The molecule has 1 heterocycles. The van der Waals surface area contributed by atoms with Crippen molar-refractivity contribution < 1.29 is 32.1 Å². The van der Waals surface area contributed by atoms with E-state index in [0.29, 0.717) is 10.0 Å². The van der Waals surface area contributed by atoms with Crippen LogP contribution in [-0.2, 0) is 0 Å². The molecule has 2 rings (SSSR count). The van der Waals surface area contributed by atoms with Gasteiger partial charge in [0, 0.05) is 17.0 Å². The smallest absolute Gasteiger partial charge is 0.421 e. The lowest BCUT2D eigenvalue weighted by atomic mass is 10.0. The zero-order valence-electron chi connectivity index (χ0n) is 9.59. The summed E-state index contributed by atoms with van der Waals surface area (Å²) in [6, 6.07) is 2.25. The lowest BCUT2D eigenvalue weighted by Gasteiger charge is -2.32. The van der Waals surface area contributed by atoms with E-state index < -0.39 is 23.7 Å². The molecule has 0 radical (unpaired) electrons. The number of rotatable bonds is 2. The van der Waals surface area contributed by atoms with Crippen molar-refractivity contribution in [3.8, 4) is 11.5 Å². The Hall–Kier alpha value is -1.02. The summed E-state index contributed by atoms with van der Waals surface area (Å²) in [6.07, 6.45) is -9.48. The molecule has 0 aromatic heterocycles. The van der Waals surface area contributed by atoms with E-state index in [1.54, 1.807) is 6.92 Å². The highest BCUT2D eigenvalue weighted by molar-refractivity contribution is 9.10. The Bertz CT molecular complexity index is 507.